The van der Waals surface area contributed by atoms with Gasteiger partial charge in [-0.15, -0.1) is 0 Å². The van der Waals surface area contributed by atoms with E-state index in [1.165, 1.54) is 18.1 Å². The van der Waals surface area contributed by atoms with Crippen molar-refractivity contribution in [2.75, 3.05) is 19.8 Å². The monoisotopic (exact) mass is 893 g/mol. The van der Waals surface area contributed by atoms with Crippen LogP contribution in [0.2, 0.25) is 5.02 Å². The Kier molecular flexibility index (Phi) is 11.5. The van der Waals surface area contributed by atoms with Crippen LogP contribution in [0, 0.1) is 22.2 Å². The maximum absolute atomic E-state index is 13.4. The number of nitriles is 1. The summed E-state index contributed by atoms with van der Waals surface area (Å²) < 4.78 is 14.2. The Morgan fingerprint density at radius 2 is 1.68 bits per heavy atom. The van der Waals surface area contributed by atoms with Gasteiger partial charge in [-0.3, -0.25) is 24.0 Å². The fourth-order valence-electron chi connectivity index (χ4n) is 9.89. The summed E-state index contributed by atoms with van der Waals surface area (Å²) in [6.07, 6.45) is 10.1. The summed E-state index contributed by atoms with van der Waals surface area (Å²) in [7, 11) is 0. The van der Waals surface area contributed by atoms with Crippen LogP contribution in [0.4, 0.5) is 0 Å². The second kappa shape index (κ2) is 17.3. The molecule has 0 atom stereocenters. The molecule has 1 aliphatic carbocycles. The second-order valence-electron chi connectivity index (χ2n) is 18.0. The van der Waals surface area contributed by atoms with Crippen LogP contribution in [0.15, 0.2) is 73.4 Å². The van der Waals surface area contributed by atoms with Crippen molar-refractivity contribution >= 4 is 40.1 Å². The maximum atomic E-state index is 13.4. The highest BCUT2D eigenvalue weighted by Gasteiger charge is 2.64. The van der Waals surface area contributed by atoms with Crippen molar-refractivity contribution in [3.63, 3.8) is 0 Å². The summed E-state index contributed by atoms with van der Waals surface area (Å²) in [5, 5.41) is 22.5. The molecular weight excluding hydrogens is 846 g/mol. The molecule has 1 saturated carbocycles. The average molecular weight is 894 g/mol. The number of hydrogen-bond acceptors (Lipinski definition) is 12. The molecule has 0 spiro atoms. The van der Waals surface area contributed by atoms with Gasteiger partial charge in [-0.1, -0.05) is 57.5 Å². The second-order valence-corrected chi connectivity index (χ2v) is 18.4. The number of aromatic nitrogens is 7. The van der Waals surface area contributed by atoms with Crippen LogP contribution in [0.5, 0.6) is 5.75 Å². The van der Waals surface area contributed by atoms with E-state index in [9.17, 15) is 19.6 Å². The molecule has 17 heteroatoms. The lowest BCUT2D eigenvalue weighted by Crippen LogP contribution is -2.74. The summed E-state index contributed by atoms with van der Waals surface area (Å²) >= 11 is 6.24. The lowest BCUT2D eigenvalue weighted by Gasteiger charge is -2.63. The van der Waals surface area contributed by atoms with Gasteiger partial charge in [-0.2, -0.15) is 10.4 Å². The molecule has 332 valence electrons. The van der Waals surface area contributed by atoms with Gasteiger partial charge in [-0.05, 0) is 36.4 Å². The van der Waals surface area contributed by atoms with Crippen molar-refractivity contribution in [1.29, 1.82) is 5.26 Å². The van der Waals surface area contributed by atoms with E-state index in [-0.39, 0.29) is 47.9 Å². The number of fused-ring (bicyclic) bond motifs is 2. The van der Waals surface area contributed by atoms with Gasteiger partial charge in [0.2, 0.25) is 11.7 Å². The van der Waals surface area contributed by atoms with E-state index in [0.717, 1.165) is 46.9 Å². The summed E-state index contributed by atoms with van der Waals surface area (Å²) in [5.41, 5.74) is 5.12. The van der Waals surface area contributed by atoms with Gasteiger partial charge in [0, 0.05) is 121 Å². The molecule has 0 unspecified atom stereocenters. The number of hydrogen-bond donors (Lipinski definition) is 2. The van der Waals surface area contributed by atoms with E-state index in [4.69, 9.17) is 31.2 Å². The topological polar surface area (TPSA) is 203 Å². The van der Waals surface area contributed by atoms with Gasteiger partial charge in [0.1, 0.15) is 23.7 Å². The number of pyridine rings is 1. The Balaban J connectivity index is 0.829. The van der Waals surface area contributed by atoms with Crippen LogP contribution in [0.3, 0.4) is 0 Å². The summed E-state index contributed by atoms with van der Waals surface area (Å²) in [4.78, 5) is 62.9. The lowest BCUT2D eigenvalue weighted by atomic mass is 9.49. The van der Waals surface area contributed by atoms with E-state index in [1.54, 1.807) is 37.5 Å². The zero-order valence-electron chi connectivity index (χ0n) is 36.8. The van der Waals surface area contributed by atoms with Crippen molar-refractivity contribution in [2.24, 2.45) is 10.8 Å². The van der Waals surface area contributed by atoms with Crippen LogP contribution in [-0.4, -0.2) is 89.2 Å². The van der Waals surface area contributed by atoms with E-state index >= 15 is 0 Å². The highest BCUT2D eigenvalue weighted by Crippen LogP contribution is 2.55. The van der Waals surface area contributed by atoms with E-state index in [0.29, 0.717) is 59.7 Å². The third kappa shape index (κ3) is 8.26. The van der Waals surface area contributed by atoms with E-state index in [1.807, 2.05) is 57.0 Å². The SMILES string of the molecule is CC(=O)N1CCc2c(c(-c3cccc4cc(-c5cnc(C(=O)NCc6ncc(C(=O)NC7C(C)(C)C(Oc8ccc(C#N)c(Cl)c8)C7(C)C)cn6)nc5)ncc34)nn2C2CCOCC2)C1. The average Bonchev–Trinajstić information content (AvgIpc) is 3.70. The number of carbonyl (C=O) groups is 3. The number of benzene rings is 2. The first-order valence-electron chi connectivity index (χ1n) is 21.6. The number of nitrogens with one attached hydrogen (secondary N) is 2. The normalized spacial score (nSPS) is 18.8. The molecule has 65 heavy (non-hydrogen) atoms. The first-order valence-corrected chi connectivity index (χ1v) is 22.0. The van der Waals surface area contributed by atoms with Crippen molar-refractivity contribution in [3.8, 4) is 34.3 Å². The number of carbonyl (C=O) groups excluding carboxylic acids is 3. The number of halogens is 1. The standard InChI is InChI=1S/C48H48ClN11O5/c1-27(61)59-14-11-39-36(26-59)41(58-60(39)32-12-15-64-16-13-32)34-8-6-7-28-17-38(51-24-35(28)34)30-20-54-42(55-21-30)44(63)56-25-40-52-22-31(23-53-40)43(62)57-45-47(2,3)46(48(45,4)5)65-33-10-9-29(19-50)37(49)18-33/h6-10,17-18,20-24,32,45-46H,11-16,25-26H2,1-5H3,(H,56,63)(H,57,62). The van der Waals surface area contributed by atoms with Gasteiger partial charge >= 0.3 is 0 Å². The van der Waals surface area contributed by atoms with Crippen molar-refractivity contribution < 1.29 is 23.9 Å². The molecule has 16 nitrogen and oxygen atoms in total. The molecular formula is C48H48ClN11O5. The molecule has 6 aromatic rings. The zero-order valence-corrected chi connectivity index (χ0v) is 37.5. The minimum atomic E-state index is -0.514. The molecule has 3 amide bonds. The molecule has 2 N–H and O–H groups in total. The molecule has 0 bridgehead atoms. The molecule has 0 radical (unpaired) electrons. The Bertz CT molecular complexity index is 2850. The number of nitrogens with zero attached hydrogens (tertiary/aromatic N) is 9. The predicted octanol–water partition coefficient (Wildman–Crippen LogP) is 6.67. The van der Waals surface area contributed by atoms with Gasteiger partial charge in [0.25, 0.3) is 11.8 Å². The molecule has 2 fully saturated rings. The highest BCUT2D eigenvalue weighted by molar-refractivity contribution is 6.31. The van der Waals surface area contributed by atoms with Gasteiger partial charge in [0.15, 0.2) is 0 Å². The van der Waals surface area contributed by atoms with Crippen LogP contribution in [-0.2, 0) is 29.0 Å². The number of rotatable bonds is 10. The lowest BCUT2D eigenvalue weighted by molar-refractivity contribution is -0.164. The number of ether oxygens (including phenoxy) is 2. The predicted molar refractivity (Wildman–Crippen MR) is 240 cm³/mol. The molecule has 3 aliphatic rings. The van der Waals surface area contributed by atoms with Gasteiger partial charge in [-0.25, -0.2) is 19.9 Å². The largest absolute Gasteiger partial charge is 0.489 e. The number of amides is 3. The maximum Gasteiger partial charge on any atom is 0.289 e. The van der Waals surface area contributed by atoms with Crippen molar-refractivity contribution in [2.45, 2.75) is 85.2 Å². The molecule has 9 rings (SSSR count). The third-order valence-electron chi connectivity index (χ3n) is 13.0. The van der Waals surface area contributed by atoms with Crippen LogP contribution >= 0.6 is 11.6 Å². The highest BCUT2D eigenvalue weighted by atomic mass is 35.5. The smallest absolute Gasteiger partial charge is 0.289 e. The van der Waals surface area contributed by atoms with Crippen LogP contribution in [0.25, 0.3) is 33.3 Å². The Hall–Kier alpha value is -6.83. The zero-order chi connectivity index (χ0) is 45.6. The molecule has 2 aromatic carbocycles. The molecule has 2 aliphatic heterocycles. The minimum absolute atomic E-state index is 0.00915. The fourth-order valence-corrected chi connectivity index (χ4v) is 10.1. The first kappa shape index (κ1) is 43.4. The van der Waals surface area contributed by atoms with Crippen LogP contribution in [0.1, 0.15) is 97.1 Å². The van der Waals surface area contributed by atoms with Crippen LogP contribution < -0.4 is 15.4 Å². The Labute approximate surface area is 380 Å². The van der Waals surface area contributed by atoms with Crippen molar-refractivity contribution in [3.05, 3.63) is 113 Å². The first-order chi connectivity index (χ1) is 31.2. The van der Waals surface area contributed by atoms with E-state index < -0.39 is 16.7 Å². The minimum Gasteiger partial charge on any atom is -0.489 e. The molecule has 1 saturated heterocycles. The summed E-state index contributed by atoms with van der Waals surface area (Å²) in [6.45, 7) is 12.3. The summed E-state index contributed by atoms with van der Waals surface area (Å²) in [5.74, 6) is 0.0180. The Morgan fingerprint density at radius 1 is 0.938 bits per heavy atom. The fraction of sp³-hybridized carbons (Fsp3) is 0.375. The van der Waals surface area contributed by atoms with E-state index in [2.05, 4.69) is 47.4 Å². The molecule has 4 aromatic heterocycles. The van der Waals surface area contributed by atoms with Gasteiger partial charge < -0.3 is 25.0 Å². The quantitative estimate of drug-likeness (QED) is 0.148. The Morgan fingerprint density at radius 3 is 2.37 bits per heavy atom. The summed E-state index contributed by atoms with van der Waals surface area (Å²) in [6, 6.07) is 15.1. The van der Waals surface area contributed by atoms with Crippen molar-refractivity contribution in [1.82, 2.24) is 50.2 Å². The molecule has 6 heterocycles. The third-order valence-corrected chi connectivity index (χ3v) is 13.4. The van der Waals surface area contributed by atoms with Gasteiger partial charge in [0.05, 0.1) is 40.1 Å².